The summed E-state index contributed by atoms with van der Waals surface area (Å²) in [5.41, 5.74) is -0.589. The summed E-state index contributed by atoms with van der Waals surface area (Å²) >= 11 is 1.23. The second-order valence-corrected chi connectivity index (χ2v) is 11.7. The van der Waals surface area contributed by atoms with E-state index in [-0.39, 0.29) is 17.3 Å². The molecule has 0 amide bonds. The molecule has 6 atom stereocenters. The van der Waals surface area contributed by atoms with Gasteiger partial charge in [0.05, 0.1) is 12.0 Å². The molecule has 3 aromatic heterocycles. The Hall–Kier alpha value is -2.61. The number of ketones is 1. The molecular formula is C28H34N2O5S. The fourth-order valence-corrected chi connectivity index (χ4v) is 7.83. The maximum Gasteiger partial charge on any atom is 0.375 e. The topological polar surface area (TPSA) is 95.4 Å². The van der Waals surface area contributed by atoms with E-state index in [0.717, 1.165) is 25.7 Å². The molecule has 0 aliphatic heterocycles. The Balaban J connectivity index is 1.47. The number of esters is 1. The van der Waals surface area contributed by atoms with E-state index in [2.05, 4.69) is 37.7 Å². The van der Waals surface area contributed by atoms with Gasteiger partial charge in [-0.3, -0.25) is 4.79 Å². The first-order chi connectivity index (χ1) is 17.3. The van der Waals surface area contributed by atoms with Crippen molar-refractivity contribution >= 4 is 34.7 Å². The smallest absolute Gasteiger partial charge is 0.375 e. The number of rotatable bonds is 8. The van der Waals surface area contributed by atoms with Crippen LogP contribution in [-0.2, 0) is 9.53 Å². The minimum Gasteiger partial charge on any atom is -0.457 e. The first-order valence-electron chi connectivity index (χ1n) is 12.9. The van der Waals surface area contributed by atoms with Gasteiger partial charge in [-0.15, -0.1) is 0 Å². The van der Waals surface area contributed by atoms with E-state index in [0.29, 0.717) is 46.5 Å². The molecule has 7 nitrogen and oxygen atoms in total. The number of aromatic nitrogens is 2. The number of pyridine rings is 1. The summed E-state index contributed by atoms with van der Waals surface area (Å²) in [6.45, 7) is 9.02. The zero-order valence-corrected chi connectivity index (χ0v) is 22.2. The number of Topliss-reactive ketones (excluding diaryl/α,β-unsaturated/α-hetero) is 1. The van der Waals surface area contributed by atoms with Gasteiger partial charge in [0.1, 0.15) is 0 Å². The highest BCUT2D eigenvalue weighted by Crippen LogP contribution is 2.64. The van der Waals surface area contributed by atoms with Gasteiger partial charge >= 0.3 is 5.97 Å². The number of fused-ring (bicyclic) bond motifs is 2. The molecule has 8 heteroatoms. The van der Waals surface area contributed by atoms with Crippen LogP contribution in [0.1, 0.15) is 70.4 Å². The van der Waals surface area contributed by atoms with Gasteiger partial charge < -0.3 is 13.6 Å². The lowest BCUT2D eigenvalue weighted by molar-refractivity contribution is -0.161. The number of hydrogen-bond acceptors (Lipinski definition) is 8. The van der Waals surface area contributed by atoms with E-state index >= 15 is 0 Å². The highest BCUT2D eigenvalue weighted by atomic mass is 32.2. The highest BCUT2D eigenvalue weighted by molar-refractivity contribution is 7.99. The maximum absolute atomic E-state index is 14.2. The van der Waals surface area contributed by atoms with Crippen LogP contribution in [0.4, 0.5) is 0 Å². The monoisotopic (exact) mass is 510 g/mol. The molecule has 6 unspecified atom stereocenters. The van der Waals surface area contributed by atoms with Crippen LogP contribution in [-0.4, -0.2) is 33.1 Å². The van der Waals surface area contributed by atoms with Crippen molar-refractivity contribution in [1.82, 2.24) is 9.97 Å². The number of carbonyl (C=O) groups is 2. The Labute approximate surface area is 215 Å². The third kappa shape index (κ3) is 4.07. The normalized spacial score (nSPS) is 31.9. The lowest BCUT2D eigenvalue weighted by atomic mass is 9.53. The van der Waals surface area contributed by atoms with Gasteiger partial charge in [-0.1, -0.05) is 52.3 Å². The minimum atomic E-state index is -1.22. The summed E-state index contributed by atoms with van der Waals surface area (Å²) in [6.07, 6.45) is 7.55. The van der Waals surface area contributed by atoms with Crippen molar-refractivity contribution in [2.24, 2.45) is 29.1 Å². The number of thioether (sulfide) groups is 1. The fraction of sp³-hybridized carbons (Fsp3) is 0.571. The number of ether oxygens (including phenoxy) is 1. The van der Waals surface area contributed by atoms with Crippen molar-refractivity contribution < 1.29 is 23.2 Å². The van der Waals surface area contributed by atoms with Gasteiger partial charge in [-0.25, -0.2) is 9.78 Å². The molecule has 2 aliphatic carbocycles. The van der Waals surface area contributed by atoms with Crippen LogP contribution >= 0.6 is 11.8 Å². The summed E-state index contributed by atoms with van der Waals surface area (Å²) in [7, 11) is 0. The third-order valence-electron chi connectivity index (χ3n) is 8.92. The Bertz CT molecular complexity index is 1210. The minimum absolute atomic E-state index is 0.0929. The van der Waals surface area contributed by atoms with Crippen LogP contribution in [0, 0.1) is 29.1 Å². The molecule has 2 aliphatic rings. The number of oxazole rings is 1. The maximum atomic E-state index is 14.2. The lowest BCUT2D eigenvalue weighted by Gasteiger charge is -2.54. The molecular weight excluding hydrogens is 476 g/mol. The summed E-state index contributed by atoms with van der Waals surface area (Å²) < 4.78 is 17.4. The second kappa shape index (κ2) is 9.69. The van der Waals surface area contributed by atoms with E-state index < -0.39 is 17.0 Å². The zero-order valence-electron chi connectivity index (χ0n) is 21.4. The molecule has 5 rings (SSSR count). The molecule has 0 N–H and O–H groups in total. The highest BCUT2D eigenvalue weighted by Gasteiger charge is 2.67. The predicted octanol–water partition coefficient (Wildman–Crippen LogP) is 6.58. The predicted molar refractivity (Wildman–Crippen MR) is 137 cm³/mol. The quantitative estimate of drug-likeness (QED) is 0.248. The number of carbonyl (C=O) groups excluding carboxylic acids is 2. The van der Waals surface area contributed by atoms with Gasteiger partial charge in [-0.2, -0.15) is 4.98 Å². The Morgan fingerprint density at radius 1 is 1.25 bits per heavy atom. The molecule has 3 aromatic rings. The van der Waals surface area contributed by atoms with Crippen LogP contribution in [0.25, 0.3) is 11.2 Å². The van der Waals surface area contributed by atoms with Crippen LogP contribution in [0.15, 0.2) is 50.8 Å². The Kier molecular flexibility index (Phi) is 6.74. The summed E-state index contributed by atoms with van der Waals surface area (Å²) in [5.74, 6) is 1.35. The molecule has 2 saturated carbocycles. The van der Waals surface area contributed by atoms with E-state index in [4.69, 9.17) is 13.6 Å². The molecule has 0 saturated heterocycles. The average molecular weight is 511 g/mol. The van der Waals surface area contributed by atoms with Gasteiger partial charge in [0.2, 0.25) is 5.76 Å². The van der Waals surface area contributed by atoms with E-state index in [9.17, 15) is 9.59 Å². The van der Waals surface area contributed by atoms with Crippen molar-refractivity contribution in [2.45, 2.75) is 70.6 Å². The van der Waals surface area contributed by atoms with Crippen LogP contribution in [0.3, 0.4) is 0 Å². The van der Waals surface area contributed by atoms with Crippen molar-refractivity contribution in [2.75, 3.05) is 5.75 Å². The Morgan fingerprint density at radius 2 is 2.08 bits per heavy atom. The second-order valence-electron chi connectivity index (χ2n) is 10.8. The van der Waals surface area contributed by atoms with Gasteiger partial charge in [0.15, 0.2) is 22.6 Å². The SMILES string of the molecule is CCCC1C(C)C(C)CC2(C)C1CCC2(OC(=O)c1ccco1)C(=O)CSc1nc2ncccc2o1. The van der Waals surface area contributed by atoms with Gasteiger partial charge in [-0.05, 0) is 67.2 Å². The number of nitrogens with zero attached hydrogens (tertiary/aromatic N) is 2. The van der Waals surface area contributed by atoms with Crippen LogP contribution in [0.5, 0.6) is 0 Å². The van der Waals surface area contributed by atoms with Crippen molar-refractivity contribution in [1.29, 1.82) is 0 Å². The third-order valence-corrected chi connectivity index (χ3v) is 9.75. The standard InChI is InChI=1S/C28H34N2O5S/c1-5-8-19-18(3)17(2)15-27(4)20(19)11-12-28(27,35-25(32)22-10-7-14-33-22)23(31)16-36-26-30-24-21(34-26)9-6-13-29-24/h6-7,9-10,13-14,17-20H,5,8,11-12,15-16H2,1-4H3. The van der Waals surface area contributed by atoms with Crippen molar-refractivity contribution in [3.63, 3.8) is 0 Å². The Morgan fingerprint density at radius 3 is 2.81 bits per heavy atom. The zero-order chi connectivity index (χ0) is 25.5. The molecule has 0 spiro atoms. The summed E-state index contributed by atoms with van der Waals surface area (Å²) in [6, 6.07) is 6.83. The largest absolute Gasteiger partial charge is 0.457 e. The summed E-state index contributed by atoms with van der Waals surface area (Å²) in [5, 5.41) is 0.388. The van der Waals surface area contributed by atoms with E-state index in [1.807, 2.05) is 0 Å². The molecule has 36 heavy (non-hydrogen) atoms. The van der Waals surface area contributed by atoms with Crippen LogP contribution in [0.2, 0.25) is 0 Å². The van der Waals surface area contributed by atoms with Crippen LogP contribution < -0.4 is 0 Å². The molecule has 0 aromatic carbocycles. The first kappa shape index (κ1) is 25.1. The fourth-order valence-electron chi connectivity index (χ4n) is 7.05. The average Bonchev–Trinajstić information content (AvgIpc) is 3.59. The van der Waals surface area contributed by atoms with Crippen molar-refractivity contribution in [3.05, 3.63) is 42.5 Å². The molecule has 192 valence electrons. The molecule has 3 heterocycles. The van der Waals surface area contributed by atoms with E-state index in [1.54, 1.807) is 30.5 Å². The molecule has 2 fully saturated rings. The van der Waals surface area contributed by atoms with E-state index in [1.165, 1.54) is 18.0 Å². The number of hydrogen-bond donors (Lipinski definition) is 0. The molecule has 0 radical (unpaired) electrons. The van der Waals surface area contributed by atoms with Gasteiger partial charge in [0.25, 0.3) is 5.22 Å². The van der Waals surface area contributed by atoms with Crippen molar-refractivity contribution in [3.8, 4) is 0 Å². The first-order valence-corrected chi connectivity index (χ1v) is 13.9. The summed E-state index contributed by atoms with van der Waals surface area (Å²) in [4.78, 5) is 36.0. The van der Waals surface area contributed by atoms with Gasteiger partial charge in [0, 0.05) is 11.6 Å². The molecule has 0 bridgehead atoms. The number of furan rings is 1. The lowest BCUT2D eigenvalue weighted by Crippen LogP contribution is -2.59.